The Morgan fingerprint density at radius 3 is 2.43 bits per heavy atom. The summed E-state index contributed by atoms with van der Waals surface area (Å²) < 4.78 is 0. The van der Waals surface area contributed by atoms with Gasteiger partial charge in [-0.2, -0.15) is 0 Å². The lowest BCUT2D eigenvalue weighted by molar-refractivity contribution is 0.0964. The zero-order chi connectivity index (χ0) is 17.1. The molecule has 0 aliphatic rings. The molecule has 1 N–H and O–H groups in total. The number of fused-ring (bicyclic) bond motifs is 1. The van der Waals surface area contributed by atoms with Crippen molar-refractivity contribution in [3.8, 4) is 0 Å². The number of carbonyl (C=O) groups excluding carboxylic acids is 1. The lowest BCUT2D eigenvalue weighted by Gasteiger charge is -2.13. The van der Waals surface area contributed by atoms with Gasteiger partial charge in [-0.25, -0.2) is 4.98 Å². The van der Waals surface area contributed by atoms with Crippen LogP contribution >= 0.6 is 11.6 Å². The molecule has 1 aromatic heterocycles. The molecular weight excluding hydrogens is 308 g/mol. The van der Waals surface area contributed by atoms with Crippen LogP contribution < -0.4 is 5.32 Å². The molecule has 4 heteroatoms. The minimum absolute atomic E-state index is 0.129. The summed E-state index contributed by atoms with van der Waals surface area (Å²) in [5.74, 6) is -0.129. The van der Waals surface area contributed by atoms with E-state index in [0.29, 0.717) is 16.3 Å². The fraction of sp³-hybridized carbons (Fsp3) is 0.263. The van der Waals surface area contributed by atoms with E-state index in [9.17, 15) is 4.79 Å². The number of pyridine rings is 1. The van der Waals surface area contributed by atoms with Crippen LogP contribution in [0.1, 0.15) is 41.0 Å². The number of nitrogens with one attached hydrogen (secondary N) is 1. The minimum atomic E-state index is -0.129. The van der Waals surface area contributed by atoms with Gasteiger partial charge in [-0.1, -0.05) is 35.4 Å². The normalized spacial score (nSPS) is 12.6. The molecule has 0 aliphatic heterocycles. The monoisotopic (exact) mass is 328 g/mol. The summed E-state index contributed by atoms with van der Waals surface area (Å²) in [4.78, 5) is 17.1. The van der Waals surface area contributed by atoms with Gasteiger partial charge in [0.2, 0.25) is 0 Å². The lowest BCUT2D eigenvalue weighted by Crippen LogP contribution is -2.19. The molecule has 120 valence electrons. The Labute approximate surface area is 142 Å². The van der Waals surface area contributed by atoms with Gasteiger partial charge in [-0.15, -0.1) is 0 Å². The van der Waals surface area contributed by atoms with Crippen molar-refractivity contribution < 1.29 is 4.79 Å². The Bertz CT molecular complexity index is 835. The Morgan fingerprint density at radius 2 is 1.87 bits per heavy atom. The van der Waals surface area contributed by atoms with Crippen molar-refractivity contribution in [1.82, 2.24) is 10.3 Å². The number of nitrogens with zero attached hydrogens (tertiary/aromatic N) is 1. The third kappa shape index (κ3) is 3.30. The number of hydrogen-bond donors (Lipinski definition) is 1. The highest BCUT2D eigenvalue weighted by atomic mass is 35.5. The van der Waals surface area contributed by atoms with Gasteiger partial charge in [0.05, 0.1) is 16.8 Å². The average Bonchev–Trinajstić information content (AvgIpc) is 2.54. The molecule has 1 aromatic carbocycles. The number of carbonyl (C=O) groups is 1. The minimum Gasteiger partial charge on any atom is -0.355 e. The first-order chi connectivity index (χ1) is 10.9. The maximum absolute atomic E-state index is 12.3. The first kappa shape index (κ1) is 17.2. The van der Waals surface area contributed by atoms with Gasteiger partial charge in [0.15, 0.2) is 0 Å². The van der Waals surface area contributed by atoms with Crippen LogP contribution in [0.2, 0.25) is 0 Å². The van der Waals surface area contributed by atoms with Crippen LogP contribution in [-0.2, 0) is 0 Å². The molecule has 0 fully saturated rings. The molecule has 0 atom stereocenters. The summed E-state index contributed by atoms with van der Waals surface area (Å²) in [5.41, 5.74) is 5.10. The highest BCUT2D eigenvalue weighted by Gasteiger charge is 2.16. The molecule has 1 amide bonds. The van der Waals surface area contributed by atoms with Gasteiger partial charge >= 0.3 is 0 Å². The summed E-state index contributed by atoms with van der Waals surface area (Å²) >= 11 is 6.30. The summed E-state index contributed by atoms with van der Waals surface area (Å²) in [7, 11) is 1.63. The molecule has 0 radical (unpaired) electrons. The summed E-state index contributed by atoms with van der Waals surface area (Å²) in [6, 6.07) is 5.87. The molecule has 0 saturated carbocycles. The quantitative estimate of drug-likeness (QED) is 0.825. The summed E-state index contributed by atoms with van der Waals surface area (Å²) in [6.07, 6.45) is 3.73. The van der Waals surface area contributed by atoms with Gasteiger partial charge in [-0.05, 0) is 45.4 Å². The molecule has 23 heavy (non-hydrogen) atoms. The Kier molecular flexibility index (Phi) is 5.22. The van der Waals surface area contributed by atoms with Gasteiger partial charge in [0.25, 0.3) is 5.91 Å². The number of allylic oxidation sites excluding steroid dienone is 4. The zero-order valence-corrected chi connectivity index (χ0v) is 14.9. The fourth-order valence-electron chi connectivity index (χ4n) is 2.71. The molecular formula is C19H21ClN2O. The second kappa shape index (κ2) is 6.97. The number of halogens is 1. The molecule has 3 nitrogen and oxygen atoms in total. The smallest absolute Gasteiger partial charge is 0.251 e. The molecule has 2 aromatic rings. The van der Waals surface area contributed by atoms with E-state index in [2.05, 4.69) is 11.4 Å². The fourth-order valence-corrected chi connectivity index (χ4v) is 2.91. The van der Waals surface area contributed by atoms with Crippen molar-refractivity contribution in [3.63, 3.8) is 0 Å². The van der Waals surface area contributed by atoms with E-state index in [4.69, 9.17) is 16.6 Å². The highest BCUT2D eigenvalue weighted by Crippen LogP contribution is 2.30. The van der Waals surface area contributed by atoms with Crippen molar-refractivity contribution in [2.45, 2.75) is 27.7 Å². The molecule has 1 heterocycles. The van der Waals surface area contributed by atoms with Gasteiger partial charge in [0, 0.05) is 23.0 Å². The SMILES string of the molecule is C/C=C(\C(Cl)=C/C)c1cc(C(=O)NC)c2cc(C)cc(C)c2n1. The predicted molar refractivity (Wildman–Crippen MR) is 97.9 cm³/mol. The van der Waals surface area contributed by atoms with Crippen molar-refractivity contribution in [2.24, 2.45) is 0 Å². The van der Waals surface area contributed by atoms with Crippen molar-refractivity contribution >= 4 is 34.0 Å². The van der Waals surface area contributed by atoms with Crippen LogP contribution in [0.25, 0.3) is 16.5 Å². The Morgan fingerprint density at radius 1 is 1.17 bits per heavy atom. The average molecular weight is 329 g/mol. The Balaban J connectivity index is 2.87. The largest absolute Gasteiger partial charge is 0.355 e. The summed E-state index contributed by atoms with van der Waals surface area (Å²) in [5, 5.41) is 4.18. The van der Waals surface area contributed by atoms with E-state index in [1.54, 1.807) is 13.1 Å². The first-order valence-corrected chi connectivity index (χ1v) is 7.93. The Hall–Kier alpha value is -2.13. The molecule has 0 spiro atoms. The number of benzene rings is 1. The van der Waals surface area contributed by atoms with Gasteiger partial charge in [-0.3, -0.25) is 4.79 Å². The van der Waals surface area contributed by atoms with Crippen molar-refractivity contribution in [2.75, 3.05) is 7.05 Å². The second-order valence-corrected chi connectivity index (χ2v) is 5.86. The lowest BCUT2D eigenvalue weighted by atomic mass is 9.99. The maximum Gasteiger partial charge on any atom is 0.251 e. The third-order valence-corrected chi connectivity index (χ3v) is 4.22. The number of amides is 1. The van der Waals surface area contributed by atoms with Gasteiger partial charge in [0.1, 0.15) is 0 Å². The standard InChI is InChI=1S/C19H21ClN2O/c1-6-13(16(20)7-2)17-10-15(19(23)21-5)14-9-11(3)8-12(4)18(14)22-17/h6-10H,1-5H3,(H,21,23)/b13-6+,16-7+. The van der Waals surface area contributed by atoms with Crippen LogP contribution in [0.3, 0.4) is 0 Å². The van der Waals surface area contributed by atoms with Crippen LogP contribution in [0.4, 0.5) is 0 Å². The second-order valence-electron chi connectivity index (χ2n) is 5.45. The van der Waals surface area contributed by atoms with Crippen LogP contribution in [0.5, 0.6) is 0 Å². The first-order valence-electron chi connectivity index (χ1n) is 7.55. The molecule has 0 aliphatic carbocycles. The molecule has 0 bridgehead atoms. The molecule has 2 rings (SSSR count). The number of rotatable bonds is 3. The van der Waals surface area contributed by atoms with Crippen LogP contribution in [-0.4, -0.2) is 17.9 Å². The number of aryl methyl sites for hydroxylation is 2. The van der Waals surface area contributed by atoms with Crippen LogP contribution in [0, 0.1) is 13.8 Å². The molecule has 0 saturated heterocycles. The topological polar surface area (TPSA) is 42.0 Å². The predicted octanol–water partition coefficient (Wildman–Crippen LogP) is 4.76. The van der Waals surface area contributed by atoms with Crippen molar-refractivity contribution in [1.29, 1.82) is 0 Å². The number of aromatic nitrogens is 1. The third-order valence-electron chi connectivity index (χ3n) is 3.80. The van der Waals surface area contributed by atoms with E-state index >= 15 is 0 Å². The van der Waals surface area contributed by atoms with Crippen LogP contribution in [0.15, 0.2) is 35.4 Å². The maximum atomic E-state index is 12.3. The number of hydrogen-bond acceptors (Lipinski definition) is 2. The van der Waals surface area contributed by atoms with E-state index in [1.165, 1.54) is 0 Å². The van der Waals surface area contributed by atoms with Gasteiger partial charge < -0.3 is 5.32 Å². The van der Waals surface area contributed by atoms with E-state index in [1.807, 2.05) is 45.9 Å². The summed E-state index contributed by atoms with van der Waals surface area (Å²) in [6.45, 7) is 7.81. The van der Waals surface area contributed by atoms with E-state index < -0.39 is 0 Å². The highest BCUT2D eigenvalue weighted by molar-refractivity contribution is 6.36. The van der Waals surface area contributed by atoms with E-state index in [-0.39, 0.29) is 5.91 Å². The van der Waals surface area contributed by atoms with Crippen molar-refractivity contribution in [3.05, 3.63) is 57.8 Å². The molecule has 0 unspecified atom stereocenters. The van der Waals surface area contributed by atoms with E-state index in [0.717, 1.165) is 27.6 Å². The zero-order valence-electron chi connectivity index (χ0n) is 14.1.